The van der Waals surface area contributed by atoms with Crippen LogP contribution < -0.4 is 5.32 Å². The van der Waals surface area contributed by atoms with Crippen LogP contribution in [0.25, 0.3) is 11.5 Å². The summed E-state index contributed by atoms with van der Waals surface area (Å²) in [7, 11) is 3.51. The molecule has 0 aliphatic rings. The van der Waals surface area contributed by atoms with Crippen LogP contribution in [-0.2, 0) is 11.3 Å². The molecule has 0 amide bonds. The molecule has 1 N–H and O–H groups in total. The van der Waals surface area contributed by atoms with Crippen LogP contribution in [-0.4, -0.2) is 33.7 Å². The molecule has 0 aromatic carbocycles. The molecule has 0 bridgehead atoms. The second kappa shape index (κ2) is 6.49. The van der Waals surface area contributed by atoms with Gasteiger partial charge in [-0.1, -0.05) is 0 Å². The summed E-state index contributed by atoms with van der Waals surface area (Å²) < 4.78 is 8.24. The number of nitrogens with one attached hydrogen (secondary N) is 1. The number of hydrogen-bond acceptors (Lipinski definition) is 5. The van der Waals surface area contributed by atoms with Gasteiger partial charge in [-0.2, -0.15) is 0 Å². The molecule has 0 saturated heterocycles. The van der Waals surface area contributed by atoms with Gasteiger partial charge in [-0.15, -0.1) is 0 Å². The summed E-state index contributed by atoms with van der Waals surface area (Å²) in [6, 6.07) is 0.305. The molecular formula is C13H18IN5O. The summed E-state index contributed by atoms with van der Waals surface area (Å²) >= 11 is 2.23. The largest absolute Gasteiger partial charge is 0.378 e. The Kier molecular flexibility index (Phi) is 4.92. The average Bonchev–Trinajstić information content (AvgIpc) is 2.90. The van der Waals surface area contributed by atoms with Crippen molar-refractivity contribution in [1.29, 1.82) is 0 Å². The van der Waals surface area contributed by atoms with Crippen LogP contribution in [0.15, 0.2) is 12.5 Å². The van der Waals surface area contributed by atoms with E-state index in [-0.39, 0.29) is 0 Å². The van der Waals surface area contributed by atoms with Gasteiger partial charge < -0.3 is 14.6 Å². The Morgan fingerprint density at radius 2 is 2.15 bits per heavy atom. The van der Waals surface area contributed by atoms with Gasteiger partial charge in [0.25, 0.3) is 0 Å². The summed E-state index contributed by atoms with van der Waals surface area (Å²) in [5, 5.41) is 3.10. The Labute approximate surface area is 132 Å². The average molecular weight is 387 g/mol. The minimum absolute atomic E-state index is 0.305. The highest BCUT2D eigenvalue weighted by molar-refractivity contribution is 14.1. The van der Waals surface area contributed by atoms with E-state index in [2.05, 4.69) is 61.3 Å². The maximum Gasteiger partial charge on any atom is 0.180 e. The normalized spacial score (nSPS) is 11.1. The van der Waals surface area contributed by atoms with Gasteiger partial charge in [-0.25, -0.2) is 15.0 Å². The smallest absolute Gasteiger partial charge is 0.180 e. The van der Waals surface area contributed by atoms with Crippen LogP contribution in [0.5, 0.6) is 0 Å². The molecule has 2 rings (SSSR count). The lowest BCUT2D eigenvalue weighted by Crippen LogP contribution is -2.09. The third-order valence-electron chi connectivity index (χ3n) is 2.89. The molecule has 7 heteroatoms. The molecule has 20 heavy (non-hydrogen) atoms. The van der Waals surface area contributed by atoms with Gasteiger partial charge in [0.05, 0.1) is 28.4 Å². The predicted octanol–water partition coefficient (Wildman–Crippen LogP) is 2.71. The quantitative estimate of drug-likeness (QED) is 0.800. The van der Waals surface area contributed by atoms with Crippen molar-refractivity contribution in [1.82, 2.24) is 19.5 Å². The third kappa shape index (κ3) is 2.93. The number of rotatable bonds is 5. The van der Waals surface area contributed by atoms with Crippen molar-refractivity contribution >= 4 is 28.4 Å². The second-order valence-electron chi connectivity index (χ2n) is 4.62. The maximum atomic E-state index is 5.21. The molecule has 0 aliphatic carbocycles. The van der Waals surface area contributed by atoms with Crippen molar-refractivity contribution in [3.8, 4) is 11.5 Å². The van der Waals surface area contributed by atoms with E-state index in [4.69, 9.17) is 4.74 Å². The molecule has 0 aliphatic heterocycles. The van der Waals surface area contributed by atoms with Crippen molar-refractivity contribution in [2.24, 2.45) is 0 Å². The highest BCUT2D eigenvalue weighted by atomic mass is 127. The molecular weight excluding hydrogens is 369 g/mol. The molecule has 0 atom stereocenters. The topological polar surface area (TPSA) is 64.9 Å². The summed E-state index contributed by atoms with van der Waals surface area (Å²) in [4.78, 5) is 13.4. The third-order valence-corrected chi connectivity index (χ3v) is 4.02. The monoisotopic (exact) mass is 387 g/mol. The zero-order valence-electron chi connectivity index (χ0n) is 12.0. The van der Waals surface area contributed by atoms with E-state index in [1.165, 1.54) is 0 Å². The first-order valence-electron chi connectivity index (χ1n) is 6.33. The van der Waals surface area contributed by atoms with Gasteiger partial charge in [0, 0.05) is 20.2 Å². The molecule has 0 fully saturated rings. The number of aromatic nitrogens is 4. The number of nitrogens with zero attached hydrogens (tertiary/aromatic N) is 4. The Morgan fingerprint density at radius 1 is 1.40 bits per heavy atom. The highest BCUT2D eigenvalue weighted by Gasteiger charge is 2.16. The summed E-state index contributed by atoms with van der Waals surface area (Å²) in [5.41, 5.74) is 1.78. The highest BCUT2D eigenvalue weighted by Crippen LogP contribution is 2.25. The Hall–Kier alpha value is -1.22. The molecule has 0 saturated carbocycles. The number of methoxy groups -OCH3 is 1. The first-order valence-corrected chi connectivity index (χ1v) is 7.41. The molecule has 0 radical (unpaired) electrons. The minimum Gasteiger partial charge on any atom is -0.378 e. The van der Waals surface area contributed by atoms with Gasteiger partial charge in [0.15, 0.2) is 5.82 Å². The molecule has 0 unspecified atom stereocenters. The van der Waals surface area contributed by atoms with Gasteiger partial charge in [-0.3, -0.25) is 0 Å². The van der Waals surface area contributed by atoms with E-state index in [0.29, 0.717) is 18.5 Å². The van der Waals surface area contributed by atoms with E-state index in [1.54, 1.807) is 19.6 Å². The number of hydrogen-bond donors (Lipinski definition) is 1. The molecule has 2 aromatic heterocycles. The summed E-state index contributed by atoms with van der Waals surface area (Å²) in [5.74, 6) is 1.46. The first-order chi connectivity index (χ1) is 9.58. The van der Waals surface area contributed by atoms with Crippen molar-refractivity contribution < 1.29 is 4.74 Å². The van der Waals surface area contributed by atoms with Crippen LogP contribution >= 0.6 is 22.6 Å². The SMILES string of the molecule is CNc1nc(-c2cncn2C(C)C)nc(COC)c1I. The Bertz CT molecular complexity index is 596. The van der Waals surface area contributed by atoms with E-state index < -0.39 is 0 Å². The van der Waals surface area contributed by atoms with Crippen molar-refractivity contribution in [3.05, 3.63) is 21.8 Å². The first kappa shape index (κ1) is 15.2. The van der Waals surface area contributed by atoms with Gasteiger partial charge in [0.1, 0.15) is 11.5 Å². The van der Waals surface area contributed by atoms with Gasteiger partial charge in [0.2, 0.25) is 0 Å². The standard InChI is InChI=1S/C13H18IN5O/c1-8(2)19-7-16-5-10(19)12-17-9(6-20-4)11(14)13(15-3)18-12/h5,7-8H,6H2,1-4H3,(H,15,17,18). The molecule has 0 spiro atoms. The van der Waals surface area contributed by atoms with E-state index in [1.807, 2.05) is 7.05 Å². The lowest BCUT2D eigenvalue weighted by molar-refractivity contribution is 0.181. The maximum absolute atomic E-state index is 5.21. The van der Waals surface area contributed by atoms with Crippen LogP contribution in [0.3, 0.4) is 0 Å². The molecule has 6 nitrogen and oxygen atoms in total. The fraction of sp³-hybridized carbons (Fsp3) is 0.462. The molecule has 108 valence electrons. The predicted molar refractivity (Wildman–Crippen MR) is 86.6 cm³/mol. The van der Waals surface area contributed by atoms with Crippen LogP contribution in [0, 0.1) is 3.57 Å². The van der Waals surface area contributed by atoms with Crippen molar-refractivity contribution in [2.75, 3.05) is 19.5 Å². The Morgan fingerprint density at radius 3 is 2.75 bits per heavy atom. The fourth-order valence-electron chi connectivity index (χ4n) is 1.90. The van der Waals surface area contributed by atoms with Gasteiger partial charge >= 0.3 is 0 Å². The number of ether oxygens (including phenoxy) is 1. The lowest BCUT2D eigenvalue weighted by atomic mass is 10.3. The van der Waals surface area contributed by atoms with Crippen LogP contribution in [0.4, 0.5) is 5.82 Å². The van der Waals surface area contributed by atoms with Crippen molar-refractivity contribution in [2.45, 2.75) is 26.5 Å². The lowest BCUT2D eigenvalue weighted by Gasteiger charge is -2.14. The van der Waals surface area contributed by atoms with Crippen molar-refractivity contribution in [3.63, 3.8) is 0 Å². The number of halogens is 1. The molecule has 2 heterocycles. The van der Waals surface area contributed by atoms with Gasteiger partial charge in [-0.05, 0) is 36.4 Å². The summed E-state index contributed by atoms with van der Waals surface area (Å²) in [6.07, 6.45) is 3.59. The number of anilines is 1. The second-order valence-corrected chi connectivity index (χ2v) is 5.70. The van der Waals surface area contributed by atoms with E-state index in [9.17, 15) is 0 Å². The van der Waals surface area contributed by atoms with E-state index in [0.717, 1.165) is 20.8 Å². The van der Waals surface area contributed by atoms with E-state index >= 15 is 0 Å². The Balaban J connectivity index is 2.56. The molecule has 2 aromatic rings. The zero-order chi connectivity index (χ0) is 14.7. The minimum atomic E-state index is 0.305. The van der Waals surface area contributed by atoms with Crippen LogP contribution in [0.2, 0.25) is 0 Å². The van der Waals surface area contributed by atoms with Crippen LogP contribution in [0.1, 0.15) is 25.6 Å². The fourth-order valence-corrected chi connectivity index (χ4v) is 2.56. The number of imidazole rings is 1. The zero-order valence-corrected chi connectivity index (χ0v) is 14.2. The summed E-state index contributed by atoms with van der Waals surface area (Å²) in [6.45, 7) is 4.66.